The van der Waals surface area contributed by atoms with Gasteiger partial charge in [-0.25, -0.2) is 0 Å². The number of ether oxygens (including phenoxy) is 1. The van der Waals surface area contributed by atoms with E-state index >= 15 is 0 Å². The van der Waals surface area contributed by atoms with Gasteiger partial charge in [-0.1, -0.05) is 39.8 Å². The third-order valence-electron chi connectivity index (χ3n) is 3.66. The van der Waals surface area contributed by atoms with E-state index in [1.165, 1.54) is 0 Å². The number of hydrogen-bond donors (Lipinski definition) is 1. The van der Waals surface area contributed by atoms with Crippen molar-refractivity contribution in [3.63, 3.8) is 0 Å². The molecule has 0 radical (unpaired) electrons. The fourth-order valence-electron chi connectivity index (χ4n) is 2.44. The average Bonchev–Trinajstić information content (AvgIpc) is 2.51. The van der Waals surface area contributed by atoms with Gasteiger partial charge >= 0.3 is 0 Å². The highest BCUT2D eigenvalue weighted by Gasteiger charge is 2.21. The van der Waals surface area contributed by atoms with Crippen LogP contribution in [0, 0.1) is 0 Å². The number of carbonyl (C=O) groups excluding carboxylic acids is 1. The molecule has 0 saturated carbocycles. The molecule has 0 unspecified atom stereocenters. The Morgan fingerprint density at radius 3 is 2.39 bits per heavy atom. The topological polar surface area (TPSA) is 52.3 Å². The van der Waals surface area contributed by atoms with E-state index in [4.69, 9.17) is 10.5 Å². The van der Waals surface area contributed by atoms with E-state index in [9.17, 15) is 4.79 Å². The van der Waals surface area contributed by atoms with Crippen LogP contribution in [0.3, 0.4) is 0 Å². The van der Waals surface area contributed by atoms with Gasteiger partial charge in [-0.15, -0.1) is 0 Å². The molecule has 2 aromatic rings. The number of anilines is 1. The van der Waals surface area contributed by atoms with E-state index < -0.39 is 0 Å². The maximum Gasteiger partial charge on any atom is 0.193 e. The van der Waals surface area contributed by atoms with Crippen LogP contribution in [0.2, 0.25) is 0 Å². The molecular weight excluding hydrogens is 286 g/mol. The van der Waals surface area contributed by atoms with Crippen molar-refractivity contribution in [1.29, 1.82) is 0 Å². The van der Waals surface area contributed by atoms with E-state index in [2.05, 4.69) is 27.7 Å². The first kappa shape index (κ1) is 17.1. The maximum absolute atomic E-state index is 12.7. The molecule has 2 aromatic carbocycles. The molecule has 0 aromatic heterocycles. The number of rotatable bonds is 5. The summed E-state index contributed by atoms with van der Waals surface area (Å²) in [5.41, 5.74) is 8.57. The molecule has 0 aliphatic heterocycles. The van der Waals surface area contributed by atoms with Crippen molar-refractivity contribution in [2.24, 2.45) is 0 Å². The van der Waals surface area contributed by atoms with Crippen LogP contribution in [0.4, 0.5) is 5.69 Å². The van der Waals surface area contributed by atoms with Gasteiger partial charge in [0.1, 0.15) is 5.75 Å². The van der Waals surface area contributed by atoms with Gasteiger partial charge in [0.25, 0.3) is 0 Å². The van der Waals surface area contributed by atoms with E-state index in [1.54, 1.807) is 24.3 Å². The standard InChI is InChI=1S/C20H25NO2/c1-5-11-23-18-10-9-15(13-17(18)20(2,3)4)19(22)14-7-6-8-16(21)12-14/h6-10,12-13H,5,11,21H2,1-4H3. The first-order valence-electron chi connectivity index (χ1n) is 8.00. The Bertz CT molecular complexity index is 699. The van der Waals surface area contributed by atoms with Crippen molar-refractivity contribution < 1.29 is 9.53 Å². The number of hydrogen-bond acceptors (Lipinski definition) is 3. The van der Waals surface area contributed by atoms with Gasteiger partial charge in [-0.3, -0.25) is 4.79 Å². The zero-order chi connectivity index (χ0) is 17.0. The van der Waals surface area contributed by atoms with Crippen LogP contribution >= 0.6 is 0 Å². The second kappa shape index (κ2) is 6.86. The summed E-state index contributed by atoms with van der Waals surface area (Å²) in [5, 5.41) is 0. The van der Waals surface area contributed by atoms with Gasteiger partial charge in [0.2, 0.25) is 0 Å². The lowest BCUT2D eigenvalue weighted by molar-refractivity contribution is 0.103. The lowest BCUT2D eigenvalue weighted by Crippen LogP contribution is -2.15. The molecule has 0 saturated heterocycles. The highest BCUT2D eigenvalue weighted by molar-refractivity contribution is 6.09. The summed E-state index contributed by atoms with van der Waals surface area (Å²) < 4.78 is 5.84. The minimum Gasteiger partial charge on any atom is -0.493 e. The normalized spacial score (nSPS) is 11.3. The first-order valence-corrected chi connectivity index (χ1v) is 8.00. The minimum absolute atomic E-state index is 0.0233. The Labute approximate surface area is 138 Å². The molecular formula is C20H25NO2. The fraction of sp³-hybridized carbons (Fsp3) is 0.350. The number of nitrogens with two attached hydrogens (primary N) is 1. The second-order valence-electron chi connectivity index (χ2n) is 6.76. The molecule has 122 valence electrons. The number of benzene rings is 2. The SMILES string of the molecule is CCCOc1ccc(C(=O)c2cccc(N)c2)cc1C(C)(C)C. The Hall–Kier alpha value is -2.29. The van der Waals surface area contributed by atoms with Gasteiger partial charge < -0.3 is 10.5 Å². The van der Waals surface area contributed by atoms with Crippen LogP contribution in [0.5, 0.6) is 5.75 Å². The van der Waals surface area contributed by atoms with Crippen LogP contribution in [-0.2, 0) is 5.41 Å². The summed E-state index contributed by atoms with van der Waals surface area (Å²) in [6.07, 6.45) is 0.952. The number of ketones is 1. The van der Waals surface area contributed by atoms with Crippen molar-refractivity contribution in [2.45, 2.75) is 39.5 Å². The summed E-state index contributed by atoms with van der Waals surface area (Å²) in [4.78, 5) is 12.7. The van der Waals surface area contributed by atoms with E-state index in [0.29, 0.717) is 23.4 Å². The smallest absolute Gasteiger partial charge is 0.193 e. The molecule has 0 heterocycles. The molecule has 0 atom stereocenters. The summed E-state index contributed by atoms with van der Waals surface area (Å²) >= 11 is 0. The van der Waals surface area contributed by atoms with Crippen LogP contribution in [0.25, 0.3) is 0 Å². The summed E-state index contributed by atoms with van der Waals surface area (Å²) in [7, 11) is 0. The summed E-state index contributed by atoms with van der Waals surface area (Å²) in [6.45, 7) is 9.11. The van der Waals surface area contributed by atoms with Crippen LogP contribution in [0.1, 0.15) is 55.6 Å². The zero-order valence-electron chi connectivity index (χ0n) is 14.3. The predicted octanol–water partition coefficient (Wildman–Crippen LogP) is 4.59. The van der Waals surface area contributed by atoms with Crippen molar-refractivity contribution in [2.75, 3.05) is 12.3 Å². The molecule has 0 aliphatic rings. The summed E-state index contributed by atoms with van der Waals surface area (Å²) in [5.74, 6) is 0.827. The average molecular weight is 311 g/mol. The fourth-order valence-corrected chi connectivity index (χ4v) is 2.44. The largest absolute Gasteiger partial charge is 0.493 e. The van der Waals surface area contributed by atoms with Gasteiger partial charge in [-0.05, 0) is 42.2 Å². The third kappa shape index (κ3) is 4.13. The third-order valence-corrected chi connectivity index (χ3v) is 3.66. The van der Waals surface area contributed by atoms with Gasteiger partial charge in [-0.2, -0.15) is 0 Å². The van der Waals surface area contributed by atoms with Crippen molar-refractivity contribution in [3.8, 4) is 5.75 Å². The molecule has 3 heteroatoms. The molecule has 0 bridgehead atoms. The predicted molar refractivity (Wildman–Crippen MR) is 95.2 cm³/mol. The number of nitrogen functional groups attached to an aromatic ring is 1. The van der Waals surface area contributed by atoms with Gasteiger partial charge in [0.05, 0.1) is 6.61 Å². The Balaban J connectivity index is 2.42. The Morgan fingerprint density at radius 1 is 1.09 bits per heavy atom. The van der Waals surface area contributed by atoms with E-state index in [1.807, 2.05) is 18.2 Å². The Morgan fingerprint density at radius 2 is 1.78 bits per heavy atom. The van der Waals surface area contributed by atoms with Gasteiger partial charge in [0, 0.05) is 22.4 Å². The van der Waals surface area contributed by atoms with Crippen molar-refractivity contribution in [3.05, 3.63) is 59.2 Å². The Kier molecular flexibility index (Phi) is 5.09. The zero-order valence-corrected chi connectivity index (χ0v) is 14.3. The number of carbonyl (C=O) groups is 1. The maximum atomic E-state index is 12.7. The molecule has 23 heavy (non-hydrogen) atoms. The lowest BCUT2D eigenvalue weighted by Gasteiger charge is -2.23. The van der Waals surface area contributed by atoms with Crippen molar-refractivity contribution in [1.82, 2.24) is 0 Å². The molecule has 0 aliphatic carbocycles. The molecule has 0 amide bonds. The van der Waals surface area contributed by atoms with Crippen LogP contribution < -0.4 is 10.5 Å². The highest BCUT2D eigenvalue weighted by atomic mass is 16.5. The summed E-state index contributed by atoms with van der Waals surface area (Å²) in [6, 6.07) is 12.7. The molecule has 2 rings (SSSR count). The minimum atomic E-state index is -0.102. The van der Waals surface area contributed by atoms with Crippen LogP contribution in [0.15, 0.2) is 42.5 Å². The molecule has 0 fully saturated rings. The monoisotopic (exact) mass is 311 g/mol. The van der Waals surface area contributed by atoms with E-state index in [-0.39, 0.29) is 11.2 Å². The molecule has 3 nitrogen and oxygen atoms in total. The molecule has 2 N–H and O–H groups in total. The lowest BCUT2D eigenvalue weighted by atomic mass is 9.84. The second-order valence-corrected chi connectivity index (χ2v) is 6.76. The van der Waals surface area contributed by atoms with E-state index in [0.717, 1.165) is 17.7 Å². The van der Waals surface area contributed by atoms with Crippen molar-refractivity contribution >= 4 is 11.5 Å². The van der Waals surface area contributed by atoms with Crippen LogP contribution in [-0.4, -0.2) is 12.4 Å². The quantitative estimate of drug-likeness (QED) is 0.649. The van der Waals surface area contributed by atoms with Gasteiger partial charge in [0.15, 0.2) is 5.78 Å². The first-order chi connectivity index (χ1) is 10.8. The highest BCUT2D eigenvalue weighted by Crippen LogP contribution is 2.33. The molecule has 0 spiro atoms.